The van der Waals surface area contributed by atoms with Gasteiger partial charge in [-0.25, -0.2) is 4.39 Å². The fourth-order valence-corrected chi connectivity index (χ4v) is 5.47. The number of morpholine rings is 1. The Morgan fingerprint density at radius 3 is 2.51 bits per heavy atom. The van der Waals surface area contributed by atoms with E-state index in [1.165, 1.54) is 6.07 Å². The van der Waals surface area contributed by atoms with Crippen molar-refractivity contribution in [3.63, 3.8) is 0 Å². The fourth-order valence-electron chi connectivity index (χ4n) is 4.51. The lowest BCUT2D eigenvalue weighted by Crippen LogP contribution is -2.41. The van der Waals surface area contributed by atoms with Crippen molar-refractivity contribution in [1.29, 1.82) is 0 Å². The minimum atomic E-state index is -0.994. The molecular formula is C28H27FN5O4S. The van der Waals surface area contributed by atoms with Crippen molar-refractivity contribution in [3.8, 4) is 0 Å². The minimum absolute atomic E-state index is 0.138. The van der Waals surface area contributed by atoms with Crippen LogP contribution in [0.2, 0.25) is 0 Å². The van der Waals surface area contributed by atoms with Crippen LogP contribution >= 0.6 is 11.3 Å². The van der Waals surface area contributed by atoms with Crippen LogP contribution in [0.3, 0.4) is 0 Å². The van der Waals surface area contributed by atoms with Gasteiger partial charge in [-0.3, -0.25) is 19.3 Å². The van der Waals surface area contributed by atoms with E-state index in [9.17, 15) is 18.8 Å². The number of carbonyl (C=O) groups is 2. The van der Waals surface area contributed by atoms with Crippen LogP contribution in [0.25, 0.3) is 10.2 Å². The number of ether oxygens (including phenoxy) is 1. The number of aromatic nitrogens is 2. The molecule has 4 aromatic rings. The molecule has 5 rings (SSSR count). The van der Waals surface area contributed by atoms with Crippen LogP contribution in [-0.2, 0) is 21.6 Å². The summed E-state index contributed by atoms with van der Waals surface area (Å²) in [7, 11) is 0. The summed E-state index contributed by atoms with van der Waals surface area (Å²) in [6, 6.07) is 15.1. The highest BCUT2D eigenvalue weighted by atomic mass is 32.1. The molecule has 1 saturated heterocycles. The molecule has 11 heteroatoms. The molecule has 1 fully saturated rings. The summed E-state index contributed by atoms with van der Waals surface area (Å²) >= 11 is 1.03. The van der Waals surface area contributed by atoms with Crippen molar-refractivity contribution in [2.45, 2.75) is 25.9 Å². The van der Waals surface area contributed by atoms with E-state index in [1.807, 2.05) is 12.1 Å². The Hall–Kier alpha value is -3.93. The van der Waals surface area contributed by atoms with Crippen molar-refractivity contribution >= 4 is 45.6 Å². The van der Waals surface area contributed by atoms with E-state index in [2.05, 4.69) is 20.6 Å². The third-order valence-corrected chi connectivity index (χ3v) is 7.71. The zero-order valence-corrected chi connectivity index (χ0v) is 22.3. The maximum absolute atomic E-state index is 14.3. The Morgan fingerprint density at radius 2 is 1.82 bits per heavy atom. The van der Waals surface area contributed by atoms with Gasteiger partial charge in [-0.2, -0.15) is 4.68 Å². The molecule has 2 aromatic heterocycles. The zero-order valence-electron chi connectivity index (χ0n) is 21.5. The van der Waals surface area contributed by atoms with Crippen molar-refractivity contribution < 1.29 is 23.5 Å². The predicted octanol–water partition coefficient (Wildman–Crippen LogP) is 3.90. The number of halogens is 1. The molecule has 1 radical (unpaired) electrons. The van der Waals surface area contributed by atoms with Crippen LogP contribution in [0.4, 0.5) is 10.2 Å². The van der Waals surface area contributed by atoms with Gasteiger partial charge in [0.25, 0.3) is 11.8 Å². The minimum Gasteiger partial charge on any atom is -0.379 e. The average molecular weight is 549 g/mol. The predicted molar refractivity (Wildman–Crippen MR) is 146 cm³/mol. The quantitative estimate of drug-likeness (QED) is 0.346. The van der Waals surface area contributed by atoms with Gasteiger partial charge in [0.15, 0.2) is 5.82 Å². The van der Waals surface area contributed by atoms with Crippen LogP contribution < -0.4 is 10.6 Å². The van der Waals surface area contributed by atoms with Crippen LogP contribution in [-0.4, -0.2) is 59.2 Å². The Labute approximate surface area is 228 Å². The molecule has 1 aliphatic rings. The standard InChI is InChI=1S/C28H27FN5O4S/c1-28(2,21-5-3-4-6-22(21)29)31-26(37)23-15-20-24(32-34(17-35)27(20)39-23)30-25(36)19-9-7-18(8-10-19)16-33-11-13-38-14-12-33/h3-10,15H,11-14,16H2,1-2H3,(H,31,37)(H,30,32,36). The lowest BCUT2D eigenvalue weighted by molar-refractivity contribution is 0.0342. The maximum Gasteiger partial charge on any atom is 0.340 e. The van der Waals surface area contributed by atoms with E-state index in [0.717, 1.165) is 54.4 Å². The Kier molecular flexibility index (Phi) is 7.56. The fraction of sp³-hybridized carbons (Fsp3) is 0.286. The van der Waals surface area contributed by atoms with Crippen molar-refractivity contribution in [3.05, 3.63) is 82.0 Å². The molecule has 0 saturated carbocycles. The van der Waals surface area contributed by atoms with Gasteiger partial charge in [0.2, 0.25) is 0 Å². The molecule has 3 heterocycles. The largest absolute Gasteiger partial charge is 0.379 e. The van der Waals surface area contributed by atoms with Crippen molar-refractivity contribution in [2.24, 2.45) is 0 Å². The number of nitrogens with zero attached hydrogens (tertiary/aromatic N) is 3. The number of nitrogens with one attached hydrogen (secondary N) is 2. The maximum atomic E-state index is 14.3. The molecule has 0 bridgehead atoms. The summed E-state index contributed by atoms with van der Waals surface area (Å²) < 4.78 is 20.7. The number of thiophene rings is 1. The Balaban J connectivity index is 1.32. The number of hydrogen-bond acceptors (Lipinski definition) is 7. The highest BCUT2D eigenvalue weighted by Gasteiger charge is 2.28. The molecule has 201 valence electrons. The molecule has 2 aromatic carbocycles. The van der Waals surface area contributed by atoms with E-state index in [4.69, 9.17) is 4.74 Å². The van der Waals surface area contributed by atoms with Gasteiger partial charge in [-0.1, -0.05) is 30.3 Å². The summed E-state index contributed by atoms with van der Waals surface area (Å²) in [6.45, 7) is 7.36. The second-order valence-electron chi connectivity index (χ2n) is 9.78. The van der Waals surface area contributed by atoms with Crippen LogP contribution in [0.5, 0.6) is 0 Å². The SMILES string of the molecule is CC(C)(NC(=O)c1cc2c(NC(=O)c3ccc(CN4CCOCC4)cc3)nn([C]=O)c2s1)c1ccccc1F. The lowest BCUT2D eigenvalue weighted by atomic mass is 9.93. The summed E-state index contributed by atoms with van der Waals surface area (Å²) in [5, 5.41) is 10.1. The molecule has 0 spiro atoms. The lowest BCUT2D eigenvalue weighted by Gasteiger charge is -2.27. The van der Waals surface area contributed by atoms with E-state index in [0.29, 0.717) is 21.3 Å². The van der Waals surface area contributed by atoms with Crippen LogP contribution in [0.15, 0.2) is 54.6 Å². The van der Waals surface area contributed by atoms with Gasteiger partial charge in [-0.05, 0) is 43.7 Å². The molecule has 0 aliphatic carbocycles. The Bertz CT molecular complexity index is 1520. The third-order valence-electron chi connectivity index (χ3n) is 6.60. The van der Waals surface area contributed by atoms with E-state index in [1.54, 1.807) is 56.7 Å². The second-order valence-corrected chi connectivity index (χ2v) is 10.8. The Morgan fingerprint density at radius 1 is 1.10 bits per heavy atom. The van der Waals surface area contributed by atoms with E-state index < -0.39 is 23.2 Å². The average Bonchev–Trinajstić information content (AvgIpc) is 3.50. The van der Waals surface area contributed by atoms with E-state index >= 15 is 0 Å². The second kappa shape index (κ2) is 11.0. The number of rotatable bonds is 8. The summed E-state index contributed by atoms with van der Waals surface area (Å²) in [5.74, 6) is -1.14. The molecule has 0 atom stereocenters. The molecule has 2 amide bonds. The third kappa shape index (κ3) is 5.75. The monoisotopic (exact) mass is 548 g/mol. The first-order chi connectivity index (χ1) is 18.7. The van der Waals surface area contributed by atoms with Gasteiger partial charge >= 0.3 is 6.41 Å². The van der Waals surface area contributed by atoms with Gasteiger partial charge in [0, 0.05) is 30.8 Å². The number of anilines is 1. The zero-order chi connectivity index (χ0) is 27.6. The van der Waals surface area contributed by atoms with E-state index in [-0.39, 0.29) is 10.7 Å². The molecule has 39 heavy (non-hydrogen) atoms. The van der Waals surface area contributed by atoms with Crippen LogP contribution in [0.1, 0.15) is 45.0 Å². The number of benzene rings is 2. The first-order valence-corrected chi connectivity index (χ1v) is 13.3. The molecule has 2 N–H and O–H groups in total. The number of hydrogen-bond donors (Lipinski definition) is 2. The summed E-state index contributed by atoms with van der Waals surface area (Å²) in [4.78, 5) is 40.5. The number of carbonyl (C=O) groups excluding carboxylic acids is 3. The molecule has 0 unspecified atom stereocenters. The van der Waals surface area contributed by atoms with Gasteiger partial charge in [-0.15, -0.1) is 16.4 Å². The van der Waals surface area contributed by atoms with Crippen LogP contribution in [0, 0.1) is 5.82 Å². The van der Waals surface area contributed by atoms with Gasteiger partial charge in [0.1, 0.15) is 10.6 Å². The molecular weight excluding hydrogens is 521 g/mol. The molecule has 9 nitrogen and oxygen atoms in total. The number of amides is 2. The van der Waals surface area contributed by atoms with Gasteiger partial charge in [0.05, 0.1) is 29.0 Å². The topological polar surface area (TPSA) is 106 Å². The highest BCUT2D eigenvalue weighted by molar-refractivity contribution is 7.20. The highest BCUT2D eigenvalue weighted by Crippen LogP contribution is 2.32. The summed E-state index contributed by atoms with van der Waals surface area (Å²) in [6.07, 6.45) is 1.70. The molecule has 1 aliphatic heterocycles. The number of fused-ring (bicyclic) bond motifs is 1. The normalized spacial score (nSPS) is 14.3. The summed E-state index contributed by atoms with van der Waals surface area (Å²) in [5.41, 5.74) is 0.864. The van der Waals surface area contributed by atoms with Crippen molar-refractivity contribution in [2.75, 3.05) is 31.6 Å². The van der Waals surface area contributed by atoms with Gasteiger partial charge < -0.3 is 15.4 Å². The van der Waals surface area contributed by atoms with Crippen molar-refractivity contribution in [1.82, 2.24) is 20.0 Å². The first kappa shape index (κ1) is 26.7. The first-order valence-electron chi connectivity index (χ1n) is 12.4. The smallest absolute Gasteiger partial charge is 0.340 e.